The predicted octanol–water partition coefficient (Wildman–Crippen LogP) is 6.53. The Morgan fingerprint density at radius 1 is 1.15 bits per heavy atom. The van der Waals surface area contributed by atoms with Crippen LogP contribution in [0.2, 0.25) is 0 Å². The summed E-state index contributed by atoms with van der Waals surface area (Å²) in [6.45, 7) is 8.90. The van der Waals surface area contributed by atoms with Crippen LogP contribution >= 0.6 is 0 Å². The number of hydrogen-bond donors (Lipinski definition) is 1. The average molecular weight is 554 g/mol. The molecule has 1 fully saturated rings. The molecule has 214 valence electrons. The van der Waals surface area contributed by atoms with Gasteiger partial charge < -0.3 is 10.2 Å². The van der Waals surface area contributed by atoms with Crippen molar-refractivity contribution in [1.82, 2.24) is 30.2 Å². The van der Waals surface area contributed by atoms with Gasteiger partial charge in [0, 0.05) is 48.3 Å². The first kappa shape index (κ1) is 28.7. The number of allylic oxidation sites excluding steroid dienone is 1. The highest BCUT2D eigenvalue weighted by molar-refractivity contribution is 5.94. The van der Waals surface area contributed by atoms with Gasteiger partial charge in [0.15, 0.2) is 5.82 Å². The molecule has 0 aliphatic heterocycles. The van der Waals surface area contributed by atoms with Crippen molar-refractivity contribution in [2.75, 3.05) is 25.5 Å². The SMILES string of the molecule is C=C(C)c1cnc(CCCc2cc(-c3nc(N(C)C(CC)CCNC)c4c(C5CC5)cncc4n3)ccn2)c(F)c1. The average Bonchev–Trinajstić information content (AvgIpc) is 3.83. The summed E-state index contributed by atoms with van der Waals surface area (Å²) in [6.07, 6.45) is 13.8. The van der Waals surface area contributed by atoms with Gasteiger partial charge in [0.1, 0.15) is 11.6 Å². The van der Waals surface area contributed by atoms with Gasteiger partial charge in [-0.2, -0.15) is 0 Å². The minimum absolute atomic E-state index is 0.285. The molecule has 4 aromatic heterocycles. The summed E-state index contributed by atoms with van der Waals surface area (Å²) < 4.78 is 14.5. The molecule has 4 heterocycles. The molecule has 7 nitrogen and oxygen atoms in total. The highest BCUT2D eigenvalue weighted by Gasteiger charge is 2.29. The van der Waals surface area contributed by atoms with E-state index < -0.39 is 0 Å². The zero-order valence-electron chi connectivity index (χ0n) is 24.6. The van der Waals surface area contributed by atoms with Crippen LogP contribution in [-0.2, 0) is 12.8 Å². The molecule has 5 rings (SSSR count). The molecule has 0 aromatic carbocycles. The predicted molar refractivity (Wildman–Crippen MR) is 164 cm³/mol. The molecular formula is C33H40FN7. The summed E-state index contributed by atoms with van der Waals surface area (Å²) >= 11 is 0. The van der Waals surface area contributed by atoms with Gasteiger partial charge in [-0.3, -0.25) is 15.0 Å². The highest BCUT2D eigenvalue weighted by Crippen LogP contribution is 2.45. The number of anilines is 1. The van der Waals surface area contributed by atoms with Crippen molar-refractivity contribution in [3.63, 3.8) is 0 Å². The van der Waals surface area contributed by atoms with Crippen molar-refractivity contribution in [1.29, 1.82) is 0 Å². The van der Waals surface area contributed by atoms with Crippen LogP contribution < -0.4 is 10.2 Å². The van der Waals surface area contributed by atoms with Gasteiger partial charge in [0.2, 0.25) is 0 Å². The van der Waals surface area contributed by atoms with E-state index in [1.807, 2.05) is 38.6 Å². The van der Waals surface area contributed by atoms with Gasteiger partial charge in [-0.15, -0.1) is 0 Å². The van der Waals surface area contributed by atoms with Crippen LogP contribution in [-0.4, -0.2) is 51.6 Å². The second-order valence-corrected chi connectivity index (χ2v) is 11.2. The molecule has 0 amide bonds. The third kappa shape index (κ3) is 6.59. The van der Waals surface area contributed by atoms with E-state index in [0.717, 1.165) is 64.9 Å². The molecule has 41 heavy (non-hydrogen) atoms. The van der Waals surface area contributed by atoms with E-state index in [9.17, 15) is 4.39 Å². The third-order valence-electron chi connectivity index (χ3n) is 8.05. The lowest BCUT2D eigenvalue weighted by atomic mass is 10.0. The summed E-state index contributed by atoms with van der Waals surface area (Å²) in [4.78, 5) is 26.0. The van der Waals surface area contributed by atoms with Crippen LogP contribution in [0.3, 0.4) is 0 Å². The first-order valence-corrected chi connectivity index (χ1v) is 14.7. The highest BCUT2D eigenvalue weighted by atomic mass is 19.1. The van der Waals surface area contributed by atoms with Crippen LogP contribution in [0.5, 0.6) is 0 Å². The zero-order valence-corrected chi connectivity index (χ0v) is 24.6. The number of aryl methyl sites for hydroxylation is 2. The molecule has 1 atom stereocenters. The number of nitrogens with one attached hydrogen (secondary N) is 1. The Bertz CT molecular complexity index is 1530. The summed E-state index contributed by atoms with van der Waals surface area (Å²) in [7, 11) is 4.15. The molecule has 1 aliphatic rings. The van der Waals surface area contributed by atoms with Gasteiger partial charge in [0.05, 0.1) is 17.4 Å². The van der Waals surface area contributed by atoms with Crippen LogP contribution in [0.1, 0.15) is 74.4 Å². The minimum atomic E-state index is -0.285. The number of fused-ring (bicyclic) bond motifs is 1. The van der Waals surface area contributed by atoms with Gasteiger partial charge >= 0.3 is 0 Å². The molecule has 1 aliphatic carbocycles. The lowest BCUT2D eigenvalue weighted by molar-refractivity contribution is 0.545. The number of nitrogens with zero attached hydrogens (tertiary/aromatic N) is 6. The normalized spacial score (nSPS) is 13.9. The number of pyridine rings is 3. The first-order valence-electron chi connectivity index (χ1n) is 14.7. The smallest absolute Gasteiger partial charge is 0.162 e. The van der Waals surface area contributed by atoms with Crippen molar-refractivity contribution in [3.8, 4) is 11.4 Å². The Balaban J connectivity index is 1.43. The van der Waals surface area contributed by atoms with E-state index in [2.05, 4.69) is 51.8 Å². The minimum Gasteiger partial charge on any atom is -0.356 e. The molecule has 1 unspecified atom stereocenters. The molecule has 1 saturated carbocycles. The maximum atomic E-state index is 14.5. The molecule has 0 bridgehead atoms. The number of halogens is 1. The standard InChI is InChI=1S/C33H40FN7/c1-6-26(13-14-35-4)41(5)33-31-27(22-10-11-22)19-36-20-30(31)39-32(40-33)23-12-15-37-25(16-23)8-7-9-29-28(34)17-24(18-38-29)21(2)3/h12,15-20,22,26,35H,2,6-11,13-14H2,1,3-5H3. The molecule has 4 aromatic rings. The Labute approximate surface area is 242 Å². The van der Waals surface area contributed by atoms with Gasteiger partial charge in [0.25, 0.3) is 0 Å². The molecule has 0 radical (unpaired) electrons. The fourth-order valence-corrected chi connectivity index (χ4v) is 5.41. The molecular weight excluding hydrogens is 513 g/mol. The third-order valence-corrected chi connectivity index (χ3v) is 8.05. The maximum Gasteiger partial charge on any atom is 0.162 e. The summed E-state index contributed by atoms with van der Waals surface area (Å²) in [6, 6.07) is 5.87. The van der Waals surface area contributed by atoms with E-state index in [1.165, 1.54) is 24.5 Å². The number of aromatic nitrogens is 5. The van der Waals surface area contributed by atoms with Crippen molar-refractivity contribution in [3.05, 3.63) is 77.9 Å². The fourth-order valence-electron chi connectivity index (χ4n) is 5.41. The first-order chi connectivity index (χ1) is 19.9. The summed E-state index contributed by atoms with van der Waals surface area (Å²) in [5.74, 6) is 1.89. The van der Waals surface area contributed by atoms with E-state index in [-0.39, 0.29) is 5.82 Å². The largest absolute Gasteiger partial charge is 0.356 e. The Hall–Kier alpha value is -3.78. The van der Waals surface area contributed by atoms with E-state index in [0.29, 0.717) is 36.3 Å². The molecule has 0 spiro atoms. The zero-order chi connectivity index (χ0) is 28.9. The van der Waals surface area contributed by atoms with Gasteiger partial charge in [-0.25, -0.2) is 14.4 Å². The van der Waals surface area contributed by atoms with Crippen molar-refractivity contribution in [2.24, 2.45) is 0 Å². The lowest BCUT2D eigenvalue weighted by Gasteiger charge is -2.30. The van der Waals surface area contributed by atoms with Gasteiger partial charge in [-0.1, -0.05) is 13.5 Å². The van der Waals surface area contributed by atoms with Crippen molar-refractivity contribution < 1.29 is 4.39 Å². The topological polar surface area (TPSA) is 79.7 Å². The van der Waals surface area contributed by atoms with Crippen molar-refractivity contribution in [2.45, 2.75) is 70.8 Å². The number of rotatable bonds is 13. The van der Waals surface area contributed by atoms with Crippen LogP contribution in [0.25, 0.3) is 27.9 Å². The van der Waals surface area contributed by atoms with E-state index >= 15 is 0 Å². The van der Waals surface area contributed by atoms with Crippen molar-refractivity contribution >= 4 is 22.3 Å². The fraction of sp³-hybridized carbons (Fsp3) is 0.424. The Morgan fingerprint density at radius 3 is 2.68 bits per heavy atom. The second-order valence-electron chi connectivity index (χ2n) is 11.2. The quantitative estimate of drug-likeness (QED) is 0.202. The van der Waals surface area contributed by atoms with Crippen LogP contribution in [0.4, 0.5) is 10.2 Å². The second kappa shape index (κ2) is 12.8. The Morgan fingerprint density at radius 2 is 1.98 bits per heavy atom. The molecule has 0 saturated heterocycles. The maximum absolute atomic E-state index is 14.5. The summed E-state index contributed by atoms with van der Waals surface area (Å²) in [5.41, 5.74) is 5.98. The van der Waals surface area contributed by atoms with Crippen LogP contribution in [0.15, 0.2) is 49.6 Å². The molecule has 8 heteroatoms. The Kier molecular flexibility index (Phi) is 8.98. The van der Waals surface area contributed by atoms with E-state index in [1.54, 1.807) is 6.20 Å². The number of hydrogen-bond acceptors (Lipinski definition) is 7. The van der Waals surface area contributed by atoms with E-state index in [4.69, 9.17) is 9.97 Å². The van der Waals surface area contributed by atoms with Crippen LogP contribution in [0, 0.1) is 5.82 Å². The monoisotopic (exact) mass is 553 g/mol. The lowest BCUT2D eigenvalue weighted by Crippen LogP contribution is -2.34. The van der Waals surface area contributed by atoms with Gasteiger partial charge in [-0.05, 0) is 106 Å². The molecule has 1 N–H and O–H groups in total. The summed E-state index contributed by atoms with van der Waals surface area (Å²) in [5, 5.41) is 4.41.